The van der Waals surface area contributed by atoms with E-state index in [0.717, 1.165) is 12.2 Å². The molecule has 2 aromatic heterocycles. The molecule has 3 rings (SSSR count). The first-order valence-electron chi connectivity index (χ1n) is 6.57. The highest BCUT2D eigenvalue weighted by atomic mass is 15.3. The van der Waals surface area contributed by atoms with Crippen LogP contribution in [0.4, 0.5) is 5.69 Å². The van der Waals surface area contributed by atoms with Crippen LogP contribution in [0, 0.1) is 0 Å². The van der Waals surface area contributed by atoms with Crippen molar-refractivity contribution in [3.05, 3.63) is 30.4 Å². The van der Waals surface area contributed by atoms with Gasteiger partial charge in [-0.1, -0.05) is 12.8 Å². The van der Waals surface area contributed by atoms with Crippen molar-refractivity contribution < 1.29 is 0 Å². The SMILES string of the molecule is Cn1cc(CNc2cnn(C3CCCC3)c2)cn1. The number of nitrogens with one attached hydrogen (secondary N) is 1. The largest absolute Gasteiger partial charge is 0.378 e. The fraction of sp³-hybridized carbons (Fsp3) is 0.538. The van der Waals surface area contributed by atoms with Gasteiger partial charge in [-0.15, -0.1) is 0 Å². The first-order valence-corrected chi connectivity index (χ1v) is 6.57. The Morgan fingerprint density at radius 2 is 2.06 bits per heavy atom. The third-order valence-corrected chi connectivity index (χ3v) is 3.56. The molecule has 5 nitrogen and oxygen atoms in total. The highest BCUT2D eigenvalue weighted by Gasteiger charge is 2.17. The third-order valence-electron chi connectivity index (χ3n) is 3.56. The molecule has 1 saturated carbocycles. The molecule has 0 spiro atoms. The Labute approximate surface area is 107 Å². The predicted molar refractivity (Wildman–Crippen MR) is 70.3 cm³/mol. The van der Waals surface area contributed by atoms with Gasteiger partial charge in [0.25, 0.3) is 0 Å². The molecule has 0 amide bonds. The van der Waals surface area contributed by atoms with E-state index in [0.29, 0.717) is 6.04 Å². The van der Waals surface area contributed by atoms with Crippen LogP contribution in [0.3, 0.4) is 0 Å². The molecule has 96 valence electrons. The molecule has 0 atom stereocenters. The Balaban J connectivity index is 1.59. The number of hydrogen-bond acceptors (Lipinski definition) is 3. The summed E-state index contributed by atoms with van der Waals surface area (Å²) in [5, 5.41) is 12.0. The molecule has 0 bridgehead atoms. The number of hydrogen-bond donors (Lipinski definition) is 1. The molecular weight excluding hydrogens is 226 g/mol. The zero-order valence-corrected chi connectivity index (χ0v) is 10.7. The predicted octanol–water partition coefficient (Wildman–Crippen LogP) is 2.34. The molecule has 1 N–H and O–H groups in total. The quantitative estimate of drug-likeness (QED) is 0.899. The van der Waals surface area contributed by atoms with Crippen LogP contribution >= 0.6 is 0 Å². The monoisotopic (exact) mass is 245 g/mol. The summed E-state index contributed by atoms with van der Waals surface area (Å²) in [7, 11) is 1.93. The van der Waals surface area contributed by atoms with Crippen molar-refractivity contribution in [3.8, 4) is 0 Å². The van der Waals surface area contributed by atoms with E-state index in [1.807, 2.05) is 30.3 Å². The summed E-state index contributed by atoms with van der Waals surface area (Å²) in [6.07, 6.45) is 13.1. The smallest absolute Gasteiger partial charge is 0.0729 e. The molecule has 1 fully saturated rings. The lowest BCUT2D eigenvalue weighted by Gasteiger charge is -2.08. The summed E-state index contributed by atoms with van der Waals surface area (Å²) in [6, 6.07) is 0.610. The van der Waals surface area contributed by atoms with Crippen molar-refractivity contribution in [3.63, 3.8) is 0 Å². The van der Waals surface area contributed by atoms with Crippen LogP contribution in [-0.4, -0.2) is 19.6 Å². The second kappa shape index (κ2) is 4.84. The first-order chi connectivity index (χ1) is 8.81. The van der Waals surface area contributed by atoms with Gasteiger partial charge in [0, 0.05) is 31.5 Å². The minimum Gasteiger partial charge on any atom is -0.378 e. The summed E-state index contributed by atoms with van der Waals surface area (Å²) in [4.78, 5) is 0. The average molecular weight is 245 g/mol. The van der Waals surface area contributed by atoms with Crippen molar-refractivity contribution in [2.75, 3.05) is 5.32 Å². The van der Waals surface area contributed by atoms with Gasteiger partial charge in [0.1, 0.15) is 0 Å². The molecule has 5 heteroatoms. The Morgan fingerprint density at radius 1 is 1.22 bits per heavy atom. The molecule has 1 aliphatic carbocycles. The van der Waals surface area contributed by atoms with Crippen LogP contribution in [0.5, 0.6) is 0 Å². The second-order valence-corrected chi connectivity index (χ2v) is 5.02. The van der Waals surface area contributed by atoms with E-state index in [4.69, 9.17) is 0 Å². The molecule has 0 unspecified atom stereocenters. The van der Waals surface area contributed by atoms with Crippen LogP contribution in [-0.2, 0) is 13.6 Å². The number of aryl methyl sites for hydroxylation is 1. The topological polar surface area (TPSA) is 47.7 Å². The number of nitrogens with zero attached hydrogens (tertiary/aromatic N) is 4. The minimum absolute atomic E-state index is 0.610. The van der Waals surface area contributed by atoms with Crippen molar-refractivity contribution in [1.29, 1.82) is 0 Å². The maximum Gasteiger partial charge on any atom is 0.0729 e. The number of aromatic nitrogens is 4. The third kappa shape index (κ3) is 2.39. The maximum atomic E-state index is 4.45. The highest BCUT2D eigenvalue weighted by Crippen LogP contribution is 2.29. The van der Waals surface area contributed by atoms with E-state index in [1.54, 1.807) is 0 Å². The lowest BCUT2D eigenvalue weighted by molar-refractivity contribution is 0.467. The minimum atomic E-state index is 0.610. The normalized spacial score (nSPS) is 16.3. The van der Waals surface area contributed by atoms with Gasteiger partial charge in [-0.2, -0.15) is 10.2 Å². The molecule has 2 aromatic rings. The van der Waals surface area contributed by atoms with Gasteiger partial charge in [0.15, 0.2) is 0 Å². The van der Waals surface area contributed by atoms with Crippen LogP contribution in [0.25, 0.3) is 0 Å². The molecule has 2 heterocycles. The highest BCUT2D eigenvalue weighted by molar-refractivity contribution is 5.38. The van der Waals surface area contributed by atoms with Crippen molar-refractivity contribution in [2.45, 2.75) is 38.3 Å². The first kappa shape index (κ1) is 11.3. The number of anilines is 1. The van der Waals surface area contributed by atoms with Crippen molar-refractivity contribution in [1.82, 2.24) is 19.6 Å². The van der Waals surface area contributed by atoms with E-state index in [1.165, 1.54) is 31.2 Å². The molecule has 0 aromatic carbocycles. The fourth-order valence-corrected chi connectivity index (χ4v) is 2.57. The summed E-state index contributed by atoms with van der Waals surface area (Å²) in [6.45, 7) is 0.796. The Kier molecular flexibility index (Phi) is 3.04. The van der Waals surface area contributed by atoms with Gasteiger partial charge >= 0.3 is 0 Å². The molecule has 0 radical (unpaired) electrons. The second-order valence-electron chi connectivity index (χ2n) is 5.02. The van der Waals surface area contributed by atoms with Crippen molar-refractivity contribution >= 4 is 5.69 Å². The standard InChI is InChI=1S/C13H19N5/c1-17-9-11(7-15-17)6-14-12-8-16-18(10-12)13-4-2-3-5-13/h7-10,13-14H,2-6H2,1H3. The lowest BCUT2D eigenvalue weighted by atomic mass is 10.3. The van der Waals surface area contributed by atoms with E-state index >= 15 is 0 Å². The zero-order valence-electron chi connectivity index (χ0n) is 10.7. The van der Waals surface area contributed by atoms with Gasteiger partial charge in [0.2, 0.25) is 0 Å². The Morgan fingerprint density at radius 3 is 2.78 bits per heavy atom. The summed E-state index contributed by atoms with van der Waals surface area (Å²) in [5.74, 6) is 0. The summed E-state index contributed by atoms with van der Waals surface area (Å²) >= 11 is 0. The van der Waals surface area contributed by atoms with Gasteiger partial charge in [-0.05, 0) is 12.8 Å². The van der Waals surface area contributed by atoms with E-state index < -0.39 is 0 Å². The molecular formula is C13H19N5. The lowest BCUT2D eigenvalue weighted by Crippen LogP contribution is -2.04. The fourth-order valence-electron chi connectivity index (χ4n) is 2.57. The summed E-state index contributed by atoms with van der Waals surface area (Å²) < 4.78 is 3.93. The molecule has 0 saturated heterocycles. The van der Waals surface area contributed by atoms with Crippen LogP contribution in [0.1, 0.15) is 37.3 Å². The number of rotatable bonds is 4. The van der Waals surface area contributed by atoms with Gasteiger partial charge in [0.05, 0.1) is 24.1 Å². The average Bonchev–Trinajstić information content (AvgIpc) is 3.07. The van der Waals surface area contributed by atoms with E-state index in [9.17, 15) is 0 Å². The molecule has 18 heavy (non-hydrogen) atoms. The van der Waals surface area contributed by atoms with Crippen LogP contribution < -0.4 is 5.32 Å². The molecule has 1 aliphatic rings. The van der Waals surface area contributed by atoms with Crippen molar-refractivity contribution in [2.24, 2.45) is 7.05 Å². The van der Waals surface area contributed by atoms with Crippen LogP contribution in [0.15, 0.2) is 24.8 Å². The zero-order chi connectivity index (χ0) is 12.4. The van der Waals surface area contributed by atoms with Gasteiger partial charge in [-0.3, -0.25) is 9.36 Å². The van der Waals surface area contributed by atoms with Gasteiger partial charge in [-0.25, -0.2) is 0 Å². The Hall–Kier alpha value is -1.78. The van der Waals surface area contributed by atoms with E-state index in [2.05, 4.69) is 26.4 Å². The Bertz CT molecular complexity index is 507. The van der Waals surface area contributed by atoms with E-state index in [-0.39, 0.29) is 0 Å². The van der Waals surface area contributed by atoms with Gasteiger partial charge < -0.3 is 5.32 Å². The summed E-state index contributed by atoms with van der Waals surface area (Å²) in [5.41, 5.74) is 2.27. The van der Waals surface area contributed by atoms with Crippen LogP contribution in [0.2, 0.25) is 0 Å². The molecule has 0 aliphatic heterocycles. The maximum absolute atomic E-state index is 4.45.